The normalized spacial score (nSPS) is 10.8. The van der Waals surface area contributed by atoms with E-state index < -0.39 is 0 Å². The summed E-state index contributed by atoms with van der Waals surface area (Å²) in [6.45, 7) is 3.70. The number of carbonyl (C=O) groups is 1. The van der Waals surface area contributed by atoms with Crippen molar-refractivity contribution in [2.75, 3.05) is 5.75 Å². The van der Waals surface area contributed by atoms with Crippen LogP contribution in [0.15, 0.2) is 59.5 Å². The molecule has 0 N–H and O–H groups in total. The Bertz CT molecular complexity index is 848. The Hall–Kier alpha value is -1.91. The summed E-state index contributed by atoms with van der Waals surface area (Å²) in [5, 5.41) is 0. The Morgan fingerprint density at radius 3 is 2.25 bits per heavy atom. The molecular formula is C20H17FOS2. The van der Waals surface area contributed by atoms with Crippen LogP contribution in [0.4, 0.5) is 4.39 Å². The average molecular weight is 356 g/mol. The fourth-order valence-corrected chi connectivity index (χ4v) is 4.23. The number of ketones is 1. The van der Waals surface area contributed by atoms with Crippen LogP contribution < -0.4 is 0 Å². The van der Waals surface area contributed by atoms with Crippen molar-refractivity contribution in [1.29, 1.82) is 0 Å². The summed E-state index contributed by atoms with van der Waals surface area (Å²) >= 11 is 3.26. The van der Waals surface area contributed by atoms with Gasteiger partial charge in [-0.2, -0.15) is 0 Å². The number of Topliss-reactive ketones (excluding diaryl/α,β-unsaturated/α-hetero) is 1. The zero-order valence-electron chi connectivity index (χ0n) is 13.5. The first-order chi connectivity index (χ1) is 11.6. The molecule has 0 unspecified atom stereocenters. The lowest BCUT2D eigenvalue weighted by Gasteiger charge is -2.06. The number of benzene rings is 2. The summed E-state index contributed by atoms with van der Waals surface area (Å²) in [5.74, 6) is 0.824. The van der Waals surface area contributed by atoms with Crippen LogP contribution in [0.5, 0.6) is 0 Å². The fraction of sp³-hybridized carbons (Fsp3) is 0.150. The van der Waals surface area contributed by atoms with Gasteiger partial charge in [0, 0.05) is 15.3 Å². The van der Waals surface area contributed by atoms with Gasteiger partial charge in [-0.25, -0.2) is 4.39 Å². The van der Waals surface area contributed by atoms with Gasteiger partial charge in [0.15, 0.2) is 5.78 Å². The minimum atomic E-state index is -0.260. The number of thioether (sulfide) groups is 1. The van der Waals surface area contributed by atoms with E-state index in [4.69, 9.17) is 0 Å². The molecule has 0 aliphatic carbocycles. The van der Waals surface area contributed by atoms with Crippen LogP contribution in [0.3, 0.4) is 0 Å². The monoisotopic (exact) mass is 356 g/mol. The number of carbonyl (C=O) groups excluding carboxylic acids is 1. The maximum absolute atomic E-state index is 13.2. The van der Waals surface area contributed by atoms with E-state index in [0.717, 1.165) is 32.2 Å². The largest absolute Gasteiger partial charge is 0.294 e. The van der Waals surface area contributed by atoms with Gasteiger partial charge in [-0.3, -0.25) is 4.79 Å². The molecule has 0 atom stereocenters. The van der Waals surface area contributed by atoms with Crippen molar-refractivity contribution >= 4 is 28.9 Å². The number of rotatable bonds is 5. The zero-order chi connectivity index (χ0) is 17.1. The first kappa shape index (κ1) is 16.9. The van der Waals surface area contributed by atoms with Crippen LogP contribution in [0.2, 0.25) is 0 Å². The van der Waals surface area contributed by atoms with Crippen LogP contribution in [-0.2, 0) is 0 Å². The number of hydrogen-bond acceptors (Lipinski definition) is 3. The molecule has 0 saturated carbocycles. The van der Waals surface area contributed by atoms with E-state index in [0.29, 0.717) is 0 Å². The van der Waals surface area contributed by atoms with Crippen molar-refractivity contribution in [2.24, 2.45) is 0 Å². The summed E-state index contributed by atoms with van der Waals surface area (Å²) in [5.41, 5.74) is 3.01. The van der Waals surface area contributed by atoms with Crippen LogP contribution in [0.1, 0.15) is 23.5 Å². The number of hydrogen-bond donors (Lipinski definition) is 0. The molecule has 0 aliphatic heterocycles. The zero-order valence-corrected chi connectivity index (χ0v) is 15.1. The highest BCUT2D eigenvalue weighted by Gasteiger charge is 2.15. The van der Waals surface area contributed by atoms with Gasteiger partial charge in [-0.1, -0.05) is 31.2 Å². The Balaban J connectivity index is 2.08. The minimum absolute atomic E-state index is 0.0489. The quantitative estimate of drug-likeness (QED) is 0.381. The van der Waals surface area contributed by atoms with Gasteiger partial charge in [0.25, 0.3) is 0 Å². The molecule has 3 aromatic rings. The van der Waals surface area contributed by atoms with Crippen molar-refractivity contribution in [1.82, 2.24) is 0 Å². The van der Waals surface area contributed by atoms with Gasteiger partial charge < -0.3 is 0 Å². The standard InChI is InChI=1S/C20H17FOS2/c1-3-23-17-10-6-14(7-11-17)18-12-19(13(2)22)24-20(18)15-4-8-16(21)9-5-15/h4-12H,3H2,1-2H3. The predicted octanol–water partition coefficient (Wildman–Crippen LogP) is 6.54. The fourth-order valence-electron chi connectivity index (χ4n) is 2.49. The summed E-state index contributed by atoms with van der Waals surface area (Å²) in [4.78, 5) is 14.8. The van der Waals surface area contributed by atoms with Crippen molar-refractivity contribution in [3.05, 3.63) is 65.3 Å². The lowest BCUT2D eigenvalue weighted by atomic mass is 10.0. The Labute approximate surface area is 149 Å². The Kier molecular flexibility index (Phi) is 5.17. The molecule has 122 valence electrons. The molecule has 0 fully saturated rings. The molecular weight excluding hydrogens is 339 g/mol. The molecule has 1 heterocycles. The van der Waals surface area contributed by atoms with Crippen LogP contribution in [0.25, 0.3) is 21.6 Å². The minimum Gasteiger partial charge on any atom is -0.294 e. The maximum atomic E-state index is 13.2. The molecule has 0 saturated heterocycles. The molecule has 1 nitrogen and oxygen atoms in total. The number of thiophene rings is 1. The number of halogens is 1. The second-order valence-corrected chi connectivity index (χ2v) is 7.76. The predicted molar refractivity (Wildman–Crippen MR) is 102 cm³/mol. The first-order valence-electron chi connectivity index (χ1n) is 7.72. The van der Waals surface area contributed by atoms with E-state index in [-0.39, 0.29) is 11.6 Å². The third-order valence-corrected chi connectivity index (χ3v) is 5.84. The van der Waals surface area contributed by atoms with Crippen molar-refractivity contribution in [2.45, 2.75) is 18.7 Å². The molecule has 3 rings (SSSR count). The van der Waals surface area contributed by atoms with Crippen molar-refractivity contribution < 1.29 is 9.18 Å². The molecule has 24 heavy (non-hydrogen) atoms. The van der Waals surface area contributed by atoms with Gasteiger partial charge in [-0.05, 0) is 54.1 Å². The molecule has 0 radical (unpaired) electrons. The molecule has 4 heteroatoms. The second-order valence-electron chi connectivity index (χ2n) is 5.37. The molecule has 1 aromatic heterocycles. The SMILES string of the molecule is CCSc1ccc(-c2cc(C(C)=O)sc2-c2ccc(F)cc2)cc1. The molecule has 0 spiro atoms. The average Bonchev–Trinajstić information content (AvgIpc) is 3.02. The van der Waals surface area contributed by atoms with Crippen LogP contribution in [-0.4, -0.2) is 11.5 Å². The summed E-state index contributed by atoms with van der Waals surface area (Å²) in [6, 6.07) is 16.7. The van der Waals surface area contributed by atoms with Gasteiger partial charge in [0.2, 0.25) is 0 Å². The van der Waals surface area contributed by atoms with E-state index in [1.807, 2.05) is 6.07 Å². The summed E-state index contributed by atoms with van der Waals surface area (Å²) in [6.07, 6.45) is 0. The third-order valence-electron chi connectivity index (χ3n) is 3.66. The van der Waals surface area contributed by atoms with Crippen LogP contribution >= 0.6 is 23.1 Å². The molecule has 0 bridgehead atoms. The summed E-state index contributed by atoms with van der Waals surface area (Å²) < 4.78 is 13.2. The van der Waals surface area contributed by atoms with E-state index in [2.05, 4.69) is 31.2 Å². The third kappa shape index (κ3) is 3.60. The van der Waals surface area contributed by atoms with E-state index >= 15 is 0 Å². The van der Waals surface area contributed by atoms with Crippen molar-refractivity contribution in [3.63, 3.8) is 0 Å². The lowest BCUT2D eigenvalue weighted by molar-refractivity contribution is 0.102. The molecule has 0 aliphatic rings. The highest BCUT2D eigenvalue weighted by molar-refractivity contribution is 7.99. The van der Waals surface area contributed by atoms with Gasteiger partial charge >= 0.3 is 0 Å². The Morgan fingerprint density at radius 1 is 1.04 bits per heavy atom. The smallest absolute Gasteiger partial charge is 0.169 e. The van der Waals surface area contributed by atoms with E-state index in [1.165, 1.54) is 28.4 Å². The van der Waals surface area contributed by atoms with E-state index in [9.17, 15) is 9.18 Å². The van der Waals surface area contributed by atoms with E-state index in [1.54, 1.807) is 30.8 Å². The maximum Gasteiger partial charge on any atom is 0.169 e. The first-order valence-corrected chi connectivity index (χ1v) is 9.52. The van der Waals surface area contributed by atoms with Gasteiger partial charge in [-0.15, -0.1) is 23.1 Å². The van der Waals surface area contributed by atoms with Crippen LogP contribution in [0, 0.1) is 5.82 Å². The highest BCUT2D eigenvalue weighted by atomic mass is 32.2. The molecule has 2 aromatic carbocycles. The highest BCUT2D eigenvalue weighted by Crippen LogP contribution is 2.40. The molecule has 0 amide bonds. The van der Waals surface area contributed by atoms with Gasteiger partial charge in [0.1, 0.15) is 5.82 Å². The topological polar surface area (TPSA) is 17.1 Å². The Morgan fingerprint density at radius 2 is 1.67 bits per heavy atom. The lowest BCUT2D eigenvalue weighted by Crippen LogP contribution is -1.84. The second kappa shape index (κ2) is 7.32. The van der Waals surface area contributed by atoms with Crippen molar-refractivity contribution in [3.8, 4) is 21.6 Å². The van der Waals surface area contributed by atoms with Gasteiger partial charge in [0.05, 0.1) is 4.88 Å². The summed E-state index contributed by atoms with van der Waals surface area (Å²) in [7, 11) is 0.